The number of rotatable bonds is 10. The summed E-state index contributed by atoms with van der Waals surface area (Å²) in [5, 5.41) is 2.81. The van der Waals surface area contributed by atoms with Gasteiger partial charge in [0.25, 0.3) is 0 Å². The molecule has 10 heteroatoms. The first-order valence-electron chi connectivity index (χ1n) is 9.35. The zero-order valence-electron chi connectivity index (χ0n) is 18.5. The van der Waals surface area contributed by atoms with Crippen LogP contribution < -0.4 is 28.6 Å². The molecule has 0 heterocycles. The molecule has 0 bridgehead atoms. The molecule has 0 saturated heterocycles. The maximum absolute atomic E-state index is 12.7. The van der Waals surface area contributed by atoms with Crippen LogP contribution in [0.5, 0.6) is 23.0 Å². The molecular formula is C21H28N2O7S. The summed E-state index contributed by atoms with van der Waals surface area (Å²) in [6.07, 6.45) is 1.03. The first-order chi connectivity index (χ1) is 14.6. The van der Waals surface area contributed by atoms with Gasteiger partial charge in [0.15, 0.2) is 11.5 Å². The molecule has 0 aliphatic carbocycles. The second-order valence-electron chi connectivity index (χ2n) is 6.71. The van der Waals surface area contributed by atoms with Gasteiger partial charge in [-0.3, -0.25) is 9.10 Å². The number of benzene rings is 2. The number of amides is 1. The van der Waals surface area contributed by atoms with Crippen LogP contribution >= 0.6 is 0 Å². The maximum Gasteiger partial charge on any atom is 0.241 e. The minimum atomic E-state index is -3.75. The van der Waals surface area contributed by atoms with Gasteiger partial charge in [0.05, 0.1) is 46.4 Å². The molecule has 1 amide bonds. The van der Waals surface area contributed by atoms with Crippen molar-refractivity contribution in [3.63, 3.8) is 0 Å². The van der Waals surface area contributed by atoms with E-state index in [-0.39, 0.29) is 5.69 Å². The van der Waals surface area contributed by atoms with E-state index in [9.17, 15) is 13.2 Å². The van der Waals surface area contributed by atoms with E-state index in [0.29, 0.717) is 28.6 Å². The Morgan fingerprint density at radius 2 is 1.55 bits per heavy atom. The molecule has 2 aromatic carbocycles. The monoisotopic (exact) mass is 452 g/mol. The number of methoxy groups -OCH3 is 4. The van der Waals surface area contributed by atoms with E-state index in [1.807, 2.05) is 0 Å². The summed E-state index contributed by atoms with van der Waals surface area (Å²) in [5.74, 6) is 1.50. The van der Waals surface area contributed by atoms with Gasteiger partial charge in [0.1, 0.15) is 18.0 Å². The number of carbonyl (C=O) groups excluding carboxylic acids is 1. The van der Waals surface area contributed by atoms with Crippen molar-refractivity contribution < 1.29 is 32.2 Å². The Kier molecular flexibility index (Phi) is 7.98. The van der Waals surface area contributed by atoms with Crippen LogP contribution in [0.25, 0.3) is 0 Å². The summed E-state index contributed by atoms with van der Waals surface area (Å²) in [6, 6.07) is 9.42. The number of hydrogen-bond donors (Lipinski definition) is 1. The van der Waals surface area contributed by atoms with E-state index in [1.165, 1.54) is 27.4 Å². The lowest BCUT2D eigenvalue weighted by Crippen LogP contribution is -2.41. The summed E-state index contributed by atoms with van der Waals surface area (Å²) >= 11 is 0. The molecule has 0 unspecified atom stereocenters. The van der Waals surface area contributed by atoms with Crippen molar-refractivity contribution in [3.05, 3.63) is 42.0 Å². The van der Waals surface area contributed by atoms with Gasteiger partial charge in [-0.15, -0.1) is 0 Å². The summed E-state index contributed by atoms with van der Waals surface area (Å²) in [7, 11) is 2.25. The largest absolute Gasteiger partial charge is 0.497 e. The molecule has 0 spiro atoms. The standard InChI is InChI=1S/C21H28N2O7S/c1-14(17-12-16(27-2)8-10-18(17)28-3)22-21(24)13-23(31(6,25)26)15-7-9-19(29-4)20(11-15)30-5/h7-12,14H,13H2,1-6H3,(H,22,24)/t14-/m1/s1. The molecule has 31 heavy (non-hydrogen) atoms. The van der Waals surface area contributed by atoms with Crippen molar-refractivity contribution in [2.45, 2.75) is 13.0 Å². The zero-order valence-corrected chi connectivity index (χ0v) is 19.3. The molecule has 2 rings (SSSR count). The molecule has 170 valence electrons. The van der Waals surface area contributed by atoms with Crippen LogP contribution in [-0.2, 0) is 14.8 Å². The second-order valence-corrected chi connectivity index (χ2v) is 8.61. The first kappa shape index (κ1) is 24.1. The SMILES string of the molecule is COc1ccc(OC)c([C@@H](C)NC(=O)CN(c2ccc(OC)c(OC)c2)S(C)(=O)=O)c1. The lowest BCUT2D eigenvalue weighted by Gasteiger charge is -2.24. The van der Waals surface area contributed by atoms with Gasteiger partial charge in [-0.25, -0.2) is 8.42 Å². The number of nitrogens with zero attached hydrogens (tertiary/aromatic N) is 1. The van der Waals surface area contributed by atoms with Crippen LogP contribution in [0.4, 0.5) is 5.69 Å². The van der Waals surface area contributed by atoms with E-state index < -0.39 is 28.5 Å². The molecule has 0 aromatic heterocycles. The number of anilines is 1. The fourth-order valence-electron chi connectivity index (χ4n) is 3.05. The van der Waals surface area contributed by atoms with Crippen molar-refractivity contribution in [3.8, 4) is 23.0 Å². The minimum Gasteiger partial charge on any atom is -0.497 e. The summed E-state index contributed by atoms with van der Waals surface area (Å²) in [4.78, 5) is 12.7. The third-order valence-corrected chi connectivity index (χ3v) is 5.76. The van der Waals surface area contributed by atoms with Gasteiger partial charge in [-0.1, -0.05) is 0 Å². The van der Waals surface area contributed by atoms with Crippen molar-refractivity contribution in [1.82, 2.24) is 5.32 Å². The Morgan fingerprint density at radius 3 is 2.10 bits per heavy atom. The molecule has 0 aliphatic heterocycles. The predicted molar refractivity (Wildman–Crippen MR) is 118 cm³/mol. The van der Waals surface area contributed by atoms with Gasteiger partial charge in [-0.05, 0) is 37.3 Å². The lowest BCUT2D eigenvalue weighted by atomic mass is 10.1. The van der Waals surface area contributed by atoms with Crippen LogP contribution in [0.15, 0.2) is 36.4 Å². The average Bonchev–Trinajstić information content (AvgIpc) is 2.75. The van der Waals surface area contributed by atoms with Crippen LogP contribution in [0.3, 0.4) is 0 Å². The van der Waals surface area contributed by atoms with Gasteiger partial charge in [0.2, 0.25) is 15.9 Å². The maximum atomic E-state index is 12.7. The van der Waals surface area contributed by atoms with Gasteiger partial charge in [-0.2, -0.15) is 0 Å². The van der Waals surface area contributed by atoms with Crippen LogP contribution in [-0.4, -0.2) is 55.6 Å². The molecular weight excluding hydrogens is 424 g/mol. The number of nitrogens with one attached hydrogen (secondary N) is 1. The number of sulfonamides is 1. The van der Waals surface area contributed by atoms with E-state index in [1.54, 1.807) is 44.4 Å². The number of carbonyl (C=O) groups is 1. The van der Waals surface area contributed by atoms with E-state index in [2.05, 4.69) is 5.32 Å². The molecule has 1 N–H and O–H groups in total. The van der Waals surface area contributed by atoms with Crippen molar-refractivity contribution in [1.29, 1.82) is 0 Å². The number of hydrogen-bond acceptors (Lipinski definition) is 7. The third kappa shape index (κ3) is 5.94. The van der Waals surface area contributed by atoms with Crippen LogP contribution in [0.1, 0.15) is 18.5 Å². The minimum absolute atomic E-state index is 0.280. The fourth-order valence-corrected chi connectivity index (χ4v) is 3.90. The van der Waals surface area contributed by atoms with E-state index >= 15 is 0 Å². The van der Waals surface area contributed by atoms with E-state index in [0.717, 1.165) is 10.6 Å². The van der Waals surface area contributed by atoms with Crippen LogP contribution in [0.2, 0.25) is 0 Å². The predicted octanol–water partition coefficient (Wildman–Crippen LogP) is 2.36. The van der Waals surface area contributed by atoms with Gasteiger partial charge >= 0.3 is 0 Å². The van der Waals surface area contributed by atoms with Crippen molar-refractivity contribution >= 4 is 21.6 Å². The van der Waals surface area contributed by atoms with Crippen molar-refractivity contribution in [2.24, 2.45) is 0 Å². The summed E-state index contributed by atoms with van der Waals surface area (Å²) in [6.45, 7) is 1.36. The normalized spacial score (nSPS) is 11.9. The van der Waals surface area contributed by atoms with Gasteiger partial charge in [0, 0.05) is 11.6 Å². The molecule has 0 saturated carbocycles. The Morgan fingerprint density at radius 1 is 0.935 bits per heavy atom. The highest BCUT2D eigenvalue weighted by Gasteiger charge is 2.24. The zero-order chi connectivity index (χ0) is 23.2. The summed E-state index contributed by atoms with van der Waals surface area (Å²) < 4.78 is 46.8. The molecule has 0 aliphatic rings. The smallest absolute Gasteiger partial charge is 0.241 e. The van der Waals surface area contributed by atoms with Gasteiger partial charge < -0.3 is 24.3 Å². The molecule has 9 nitrogen and oxygen atoms in total. The highest BCUT2D eigenvalue weighted by Crippen LogP contribution is 2.33. The Balaban J connectivity index is 2.27. The highest BCUT2D eigenvalue weighted by molar-refractivity contribution is 7.92. The molecule has 0 radical (unpaired) electrons. The topological polar surface area (TPSA) is 103 Å². The Labute approximate surface area is 182 Å². The average molecular weight is 453 g/mol. The quantitative estimate of drug-likeness (QED) is 0.590. The lowest BCUT2D eigenvalue weighted by molar-refractivity contribution is -0.120. The second kappa shape index (κ2) is 10.3. The first-order valence-corrected chi connectivity index (χ1v) is 11.2. The fraction of sp³-hybridized carbons (Fsp3) is 0.381. The number of ether oxygens (including phenoxy) is 4. The summed E-state index contributed by atoms with van der Waals surface area (Å²) in [5.41, 5.74) is 0.981. The van der Waals surface area contributed by atoms with Crippen molar-refractivity contribution in [2.75, 3.05) is 45.5 Å². The third-order valence-electron chi connectivity index (χ3n) is 4.62. The van der Waals surface area contributed by atoms with E-state index in [4.69, 9.17) is 18.9 Å². The molecule has 1 atom stereocenters. The van der Waals surface area contributed by atoms with Crippen LogP contribution in [0, 0.1) is 0 Å². The Hall–Kier alpha value is -3.14. The molecule has 2 aromatic rings. The molecule has 0 fully saturated rings. The highest BCUT2D eigenvalue weighted by atomic mass is 32.2. The Bertz CT molecular complexity index is 1020.